The van der Waals surface area contributed by atoms with Crippen LogP contribution in [0.3, 0.4) is 0 Å². The van der Waals surface area contributed by atoms with Gasteiger partial charge in [-0.05, 0) is 74.1 Å². The summed E-state index contributed by atoms with van der Waals surface area (Å²) in [7, 11) is -3.49. The zero-order chi connectivity index (χ0) is 22.6. The van der Waals surface area contributed by atoms with Gasteiger partial charge in [-0.3, -0.25) is 4.79 Å². The third-order valence-corrected chi connectivity index (χ3v) is 7.45. The Kier molecular flexibility index (Phi) is 7.38. The average Bonchev–Trinajstić information content (AvgIpc) is 2.74. The molecule has 0 radical (unpaired) electrons. The molecular formula is C24H32N2O4S. The third kappa shape index (κ3) is 5.66. The van der Waals surface area contributed by atoms with Crippen LogP contribution in [0.25, 0.3) is 0 Å². The number of rotatable bonds is 7. The van der Waals surface area contributed by atoms with Crippen LogP contribution < -0.4 is 10.1 Å². The standard InChI is InChI=1S/C24H32N2O4S/c1-17(2)22-13-8-18(3)16-23(22)30-19(4)24(27)25-20-9-11-21(12-10-20)31(28,29)26-14-6-5-7-15-26/h8-13,16-17,19H,5-7,14-15H2,1-4H3,(H,25,27)/t19-/m0/s1. The second-order valence-electron chi connectivity index (χ2n) is 8.43. The van der Waals surface area contributed by atoms with Crippen LogP contribution in [0.5, 0.6) is 5.75 Å². The fourth-order valence-corrected chi connectivity index (χ4v) is 5.19. The van der Waals surface area contributed by atoms with Gasteiger partial charge in [-0.15, -0.1) is 0 Å². The number of benzene rings is 2. The lowest BCUT2D eigenvalue weighted by Gasteiger charge is -2.25. The van der Waals surface area contributed by atoms with Crippen LogP contribution in [0, 0.1) is 6.92 Å². The first-order valence-electron chi connectivity index (χ1n) is 10.9. The summed E-state index contributed by atoms with van der Waals surface area (Å²) in [4.78, 5) is 12.9. The van der Waals surface area contributed by atoms with E-state index in [0.29, 0.717) is 24.5 Å². The molecule has 1 aliphatic heterocycles. The molecule has 2 aromatic carbocycles. The molecule has 1 fully saturated rings. The van der Waals surface area contributed by atoms with Crippen molar-refractivity contribution >= 4 is 21.6 Å². The molecule has 1 heterocycles. The Morgan fingerprint density at radius 2 is 1.65 bits per heavy atom. The van der Waals surface area contributed by atoms with Gasteiger partial charge >= 0.3 is 0 Å². The van der Waals surface area contributed by atoms with Crippen molar-refractivity contribution in [3.63, 3.8) is 0 Å². The van der Waals surface area contributed by atoms with E-state index in [1.54, 1.807) is 31.2 Å². The van der Waals surface area contributed by atoms with E-state index < -0.39 is 16.1 Å². The zero-order valence-electron chi connectivity index (χ0n) is 18.7. The van der Waals surface area contributed by atoms with E-state index >= 15 is 0 Å². The summed E-state index contributed by atoms with van der Waals surface area (Å²) in [5, 5.41) is 2.81. The van der Waals surface area contributed by atoms with E-state index in [4.69, 9.17) is 4.74 Å². The maximum Gasteiger partial charge on any atom is 0.265 e. The number of nitrogens with zero attached hydrogens (tertiary/aromatic N) is 1. The highest BCUT2D eigenvalue weighted by Gasteiger charge is 2.26. The molecule has 0 spiro atoms. The SMILES string of the molecule is Cc1ccc(C(C)C)c(O[C@@H](C)C(=O)Nc2ccc(S(=O)(=O)N3CCCCC3)cc2)c1. The Balaban J connectivity index is 1.66. The molecule has 0 unspecified atom stereocenters. The van der Waals surface area contributed by atoms with Crippen molar-refractivity contribution in [2.24, 2.45) is 0 Å². The second kappa shape index (κ2) is 9.83. The van der Waals surface area contributed by atoms with E-state index in [9.17, 15) is 13.2 Å². The topological polar surface area (TPSA) is 75.7 Å². The first kappa shape index (κ1) is 23.3. The molecule has 2 aromatic rings. The smallest absolute Gasteiger partial charge is 0.265 e. The fourth-order valence-electron chi connectivity index (χ4n) is 3.67. The summed E-state index contributed by atoms with van der Waals surface area (Å²) >= 11 is 0. The molecule has 1 saturated heterocycles. The minimum absolute atomic E-state index is 0.248. The van der Waals surface area contributed by atoms with Gasteiger partial charge in [0.2, 0.25) is 10.0 Å². The molecule has 7 heteroatoms. The van der Waals surface area contributed by atoms with Crippen molar-refractivity contribution in [3.05, 3.63) is 53.6 Å². The monoisotopic (exact) mass is 444 g/mol. The van der Waals surface area contributed by atoms with Crippen LogP contribution in [0.4, 0.5) is 5.69 Å². The predicted octanol–water partition coefficient (Wildman–Crippen LogP) is 4.70. The van der Waals surface area contributed by atoms with Gasteiger partial charge in [-0.2, -0.15) is 4.31 Å². The number of piperidine rings is 1. The van der Waals surface area contributed by atoms with Crippen molar-refractivity contribution in [1.82, 2.24) is 4.31 Å². The Hall–Kier alpha value is -2.38. The lowest BCUT2D eigenvalue weighted by atomic mass is 10.0. The number of hydrogen-bond donors (Lipinski definition) is 1. The van der Waals surface area contributed by atoms with Gasteiger partial charge < -0.3 is 10.1 Å². The quantitative estimate of drug-likeness (QED) is 0.672. The van der Waals surface area contributed by atoms with Gasteiger partial charge in [-0.25, -0.2) is 8.42 Å². The Bertz CT molecular complexity index is 1010. The number of aryl methyl sites for hydroxylation is 1. The Morgan fingerprint density at radius 3 is 2.26 bits per heavy atom. The van der Waals surface area contributed by atoms with Crippen LogP contribution in [0.1, 0.15) is 57.1 Å². The molecule has 0 aliphatic carbocycles. The number of carbonyl (C=O) groups is 1. The van der Waals surface area contributed by atoms with E-state index in [-0.39, 0.29) is 16.7 Å². The largest absolute Gasteiger partial charge is 0.481 e. The zero-order valence-corrected chi connectivity index (χ0v) is 19.5. The van der Waals surface area contributed by atoms with Crippen LogP contribution in [-0.4, -0.2) is 37.8 Å². The highest BCUT2D eigenvalue weighted by Crippen LogP contribution is 2.28. The van der Waals surface area contributed by atoms with Gasteiger partial charge in [0.25, 0.3) is 5.91 Å². The van der Waals surface area contributed by atoms with Crippen molar-refractivity contribution in [3.8, 4) is 5.75 Å². The maximum atomic E-state index is 12.8. The molecule has 31 heavy (non-hydrogen) atoms. The van der Waals surface area contributed by atoms with Crippen LogP contribution in [0.15, 0.2) is 47.4 Å². The van der Waals surface area contributed by atoms with Gasteiger partial charge in [0.1, 0.15) is 5.75 Å². The number of anilines is 1. The van der Waals surface area contributed by atoms with Gasteiger partial charge in [0.05, 0.1) is 4.90 Å². The minimum Gasteiger partial charge on any atom is -0.481 e. The lowest BCUT2D eigenvalue weighted by Crippen LogP contribution is -2.35. The predicted molar refractivity (Wildman–Crippen MR) is 123 cm³/mol. The van der Waals surface area contributed by atoms with E-state index in [1.165, 1.54) is 4.31 Å². The molecule has 1 aliphatic rings. The van der Waals surface area contributed by atoms with Crippen molar-refractivity contribution in [2.45, 2.75) is 63.9 Å². The summed E-state index contributed by atoms with van der Waals surface area (Å²) in [6.07, 6.45) is 2.16. The number of carbonyl (C=O) groups excluding carboxylic acids is 1. The highest BCUT2D eigenvalue weighted by molar-refractivity contribution is 7.89. The Labute approximate surface area is 185 Å². The van der Waals surface area contributed by atoms with Crippen LogP contribution in [0.2, 0.25) is 0 Å². The number of sulfonamides is 1. The van der Waals surface area contributed by atoms with Crippen LogP contribution in [-0.2, 0) is 14.8 Å². The van der Waals surface area contributed by atoms with Crippen molar-refractivity contribution in [1.29, 1.82) is 0 Å². The summed E-state index contributed by atoms with van der Waals surface area (Å²) in [6, 6.07) is 12.3. The van der Waals surface area contributed by atoms with Gasteiger partial charge in [0.15, 0.2) is 6.10 Å². The van der Waals surface area contributed by atoms with Crippen molar-refractivity contribution < 1.29 is 17.9 Å². The third-order valence-electron chi connectivity index (χ3n) is 5.54. The first-order valence-corrected chi connectivity index (χ1v) is 12.3. The fraction of sp³-hybridized carbons (Fsp3) is 0.458. The molecule has 1 amide bonds. The summed E-state index contributed by atoms with van der Waals surface area (Å²) < 4.78 is 33.0. The average molecular weight is 445 g/mol. The molecule has 0 bridgehead atoms. The van der Waals surface area contributed by atoms with Gasteiger partial charge in [-0.1, -0.05) is 32.4 Å². The number of amides is 1. The van der Waals surface area contributed by atoms with Crippen molar-refractivity contribution in [2.75, 3.05) is 18.4 Å². The molecule has 6 nitrogen and oxygen atoms in total. The second-order valence-corrected chi connectivity index (χ2v) is 10.4. The molecule has 0 aromatic heterocycles. The van der Waals surface area contributed by atoms with E-state index in [2.05, 4.69) is 19.2 Å². The van der Waals surface area contributed by atoms with E-state index in [1.807, 2.05) is 25.1 Å². The molecule has 3 rings (SSSR count). The number of ether oxygens (including phenoxy) is 1. The summed E-state index contributed by atoms with van der Waals surface area (Å²) in [6.45, 7) is 8.99. The summed E-state index contributed by atoms with van der Waals surface area (Å²) in [5.74, 6) is 0.698. The summed E-state index contributed by atoms with van der Waals surface area (Å²) in [5.41, 5.74) is 2.65. The lowest BCUT2D eigenvalue weighted by molar-refractivity contribution is -0.122. The molecule has 1 atom stereocenters. The molecule has 1 N–H and O–H groups in total. The molecule has 168 valence electrons. The maximum absolute atomic E-state index is 12.8. The Morgan fingerprint density at radius 1 is 1.00 bits per heavy atom. The molecular weight excluding hydrogens is 412 g/mol. The first-order chi connectivity index (χ1) is 14.7. The number of nitrogens with one attached hydrogen (secondary N) is 1. The number of hydrogen-bond acceptors (Lipinski definition) is 4. The van der Waals surface area contributed by atoms with E-state index in [0.717, 1.165) is 30.4 Å². The van der Waals surface area contributed by atoms with Gasteiger partial charge in [0, 0.05) is 18.8 Å². The van der Waals surface area contributed by atoms with Crippen LogP contribution >= 0.6 is 0 Å². The normalized spacial score (nSPS) is 16.2. The highest BCUT2D eigenvalue weighted by atomic mass is 32.2. The minimum atomic E-state index is -3.49. The molecule has 0 saturated carbocycles.